The van der Waals surface area contributed by atoms with Gasteiger partial charge in [-0.25, -0.2) is 9.67 Å². The van der Waals surface area contributed by atoms with Crippen LogP contribution in [-0.4, -0.2) is 15.8 Å². The average molecular weight is 483 g/mol. The molecule has 7 nitrogen and oxygen atoms in total. The van der Waals surface area contributed by atoms with E-state index < -0.39 is 4.92 Å². The second-order valence-electron chi connectivity index (χ2n) is 6.35. The van der Waals surface area contributed by atoms with Crippen LogP contribution >= 0.6 is 27.3 Å². The van der Waals surface area contributed by atoms with Crippen LogP contribution < -0.4 is 4.80 Å². The van der Waals surface area contributed by atoms with E-state index in [-0.39, 0.29) is 11.6 Å². The molecule has 0 amide bonds. The molecule has 9 heteroatoms. The number of hydrogen-bond donors (Lipinski definition) is 0. The van der Waals surface area contributed by atoms with Crippen molar-refractivity contribution >= 4 is 45.1 Å². The topological polar surface area (TPSA) is 85.9 Å². The molecule has 0 unspecified atom stereocenters. The Morgan fingerprint density at radius 2 is 1.83 bits per heavy atom. The van der Waals surface area contributed by atoms with Crippen LogP contribution in [0.15, 0.2) is 85.0 Å². The number of thiazole rings is 1. The molecular formula is C21H15BrN4O3S. The highest BCUT2D eigenvalue weighted by molar-refractivity contribution is 9.10. The van der Waals surface area contributed by atoms with E-state index in [1.807, 2.05) is 60.8 Å². The van der Waals surface area contributed by atoms with Gasteiger partial charge in [0.05, 0.1) is 23.7 Å². The summed E-state index contributed by atoms with van der Waals surface area (Å²) in [5, 5.41) is 17.3. The highest BCUT2D eigenvalue weighted by Crippen LogP contribution is 2.23. The van der Waals surface area contributed by atoms with Gasteiger partial charge in [0.15, 0.2) is 5.76 Å². The SMILES string of the molecule is Cc1ccc(N=c2scc(-c3ccc(Br)cc3)n2N=Cc2ccc([N+](=O)[O-])o2)cc1. The molecule has 30 heavy (non-hydrogen) atoms. The Kier molecular flexibility index (Phi) is 5.73. The van der Waals surface area contributed by atoms with Gasteiger partial charge in [-0.3, -0.25) is 10.1 Å². The normalized spacial score (nSPS) is 12.0. The Balaban J connectivity index is 1.80. The van der Waals surface area contributed by atoms with E-state index >= 15 is 0 Å². The summed E-state index contributed by atoms with van der Waals surface area (Å²) >= 11 is 4.90. The summed E-state index contributed by atoms with van der Waals surface area (Å²) in [6.07, 6.45) is 1.44. The lowest BCUT2D eigenvalue weighted by molar-refractivity contribution is -0.402. The Labute approximate surface area is 183 Å². The predicted octanol–water partition coefficient (Wildman–Crippen LogP) is 5.90. The van der Waals surface area contributed by atoms with E-state index in [4.69, 9.17) is 9.41 Å². The highest BCUT2D eigenvalue weighted by Gasteiger charge is 2.11. The first-order valence-corrected chi connectivity index (χ1v) is 10.5. The van der Waals surface area contributed by atoms with E-state index in [0.29, 0.717) is 4.80 Å². The molecule has 0 fully saturated rings. The molecule has 0 N–H and O–H groups in total. The van der Waals surface area contributed by atoms with Gasteiger partial charge in [0.25, 0.3) is 0 Å². The Bertz CT molecular complexity index is 1290. The minimum atomic E-state index is -0.583. The van der Waals surface area contributed by atoms with Crippen molar-refractivity contribution in [1.82, 2.24) is 4.68 Å². The quantitative estimate of drug-likeness (QED) is 0.201. The lowest BCUT2D eigenvalue weighted by atomic mass is 10.2. The molecule has 0 spiro atoms. The summed E-state index contributed by atoms with van der Waals surface area (Å²) in [7, 11) is 0. The van der Waals surface area contributed by atoms with E-state index in [1.54, 1.807) is 4.68 Å². The summed E-state index contributed by atoms with van der Waals surface area (Å²) in [6.45, 7) is 2.02. The molecule has 2 heterocycles. The molecule has 0 saturated heterocycles. The molecule has 0 aliphatic rings. The molecule has 2 aromatic carbocycles. The van der Waals surface area contributed by atoms with Gasteiger partial charge in [-0.05, 0) is 37.3 Å². The van der Waals surface area contributed by atoms with Crippen molar-refractivity contribution in [2.24, 2.45) is 10.1 Å². The van der Waals surface area contributed by atoms with Gasteiger partial charge in [0, 0.05) is 15.4 Å². The van der Waals surface area contributed by atoms with Gasteiger partial charge in [0.2, 0.25) is 4.80 Å². The zero-order valence-electron chi connectivity index (χ0n) is 15.7. The maximum atomic E-state index is 10.8. The van der Waals surface area contributed by atoms with Crippen molar-refractivity contribution in [3.63, 3.8) is 0 Å². The van der Waals surface area contributed by atoms with Crippen LogP contribution in [0.5, 0.6) is 0 Å². The molecule has 0 radical (unpaired) electrons. The molecule has 4 rings (SSSR count). The van der Waals surface area contributed by atoms with Crippen LogP contribution in [0.25, 0.3) is 11.3 Å². The van der Waals surface area contributed by atoms with Crippen molar-refractivity contribution in [3.8, 4) is 11.3 Å². The fourth-order valence-corrected chi connectivity index (χ4v) is 3.78. The molecule has 0 atom stereocenters. The van der Waals surface area contributed by atoms with E-state index in [0.717, 1.165) is 27.0 Å². The molecule has 0 saturated carbocycles. The number of rotatable bonds is 5. The monoisotopic (exact) mass is 482 g/mol. The fraction of sp³-hybridized carbons (Fsp3) is 0.0476. The molecule has 150 valence electrons. The van der Waals surface area contributed by atoms with Crippen LogP contribution in [0, 0.1) is 17.0 Å². The minimum Gasteiger partial charge on any atom is -0.400 e. The van der Waals surface area contributed by atoms with Gasteiger partial charge in [0.1, 0.15) is 4.92 Å². The van der Waals surface area contributed by atoms with Crippen molar-refractivity contribution in [2.45, 2.75) is 6.92 Å². The van der Waals surface area contributed by atoms with Crippen molar-refractivity contribution in [1.29, 1.82) is 0 Å². The average Bonchev–Trinajstić information content (AvgIpc) is 3.36. The summed E-state index contributed by atoms with van der Waals surface area (Å²) < 4.78 is 7.85. The first kappa shape index (κ1) is 20.0. The van der Waals surface area contributed by atoms with E-state index in [2.05, 4.69) is 21.0 Å². The summed E-state index contributed by atoms with van der Waals surface area (Å²) in [5.74, 6) is -0.0482. The minimum absolute atomic E-state index is 0.281. The smallest absolute Gasteiger partial charge is 0.400 e. The summed E-state index contributed by atoms with van der Waals surface area (Å²) in [4.78, 5) is 15.6. The number of nitrogens with zero attached hydrogens (tertiary/aromatic N) is 4. The molecule has 0 aliphatic carbocycles. The molecule has 0 aliphatic heterocycles. The van der Waals surface area contributed by atoms with Crippen LogP contribution in [0.4, 0.5) is 11.6 Å². The highest BCUT2D eigenvalue weighted by atomic mass is 79.9. The number of nitro groups is 1. The number of halogens is 1. The number of hydrogen-bond acceptors (Lipinski definition) is 6. The van der Waals surface area contributed by atoms with E-state index in [9.17, 15) is 10.1 Å². The number of benzene rings is 2. The lowest BCUT2D eigenvalue weighted by Gasteiger charge is -2.03. The van der Waals surface area contributed by atoms with Gasteiger partial charge in [-0.15, -0.1) is 11.3 Å². The van der Waals surface area contributed by atoms with Crippen molar-refractivity contribution in [2.75, 3.05) is 0 Å². The summed E-state index contributed by atoms with van der Waals surface area (Å²) in [5.41, 5.74) is 3.77. The Hall–Kier alpha value is -3.30. The molecule has 0 bridgehead atoms. The number of aromatic nitrogens is 1. The van der Waals surface area contributed by atoms with Crippen molar-refractivity contribution in [3.05, 3.63) is 96.8 Å². The van der Waals surface area contributed by atoms with E-state index in [1.165, 1.54) is 29.7 Å². The first-order chi connectivity index (χ1) is 14.5. The van der Waals surface area contributed by atoms with Gasteiger partial charge in [-0.2, -0.15) is 5.10 Å². The third-order valence-electron chi connectivity index (χ3n) is 4.18. The number of furan rings is 1. The lowest BCUT2D eigenvalue weighted by Crippen LogP contribution is -2.11. The second-order valence-corrected chi connectivity index (χ2v) is 8.10. The predicted molar refractivity (Wildman–Crippen MR) is 120 cm³/mol. The standard InChI is InChI=1S/C21H15BrN4O3S/c1-14-2-8-17(9-3-14)24-21-25(23-12-18-10-11-20(29-18)26(27)28)19(13-30-21)15-4-6-16(22)7-5-15/h2-13H,1H3. The maximum Gasteiger partial charge on any atom is 0.433 e. The van der Waals surface area contributed by atoms with Gasteiger partial charge < -0.3 is 4.42 Å². The molecule has 2 aromatic heterocycles. The van der Waals surface area contributed by atoms with Gasteiger partial charge >= 0.3 is 5.88 Å². The Morgan fingerprint density at radius 3 is 2.50 bits per heavy atom. The van der Waals surface area contributed by atoms with Crippen molar-refractivity contribution < 1.29 is 9.34 Å². The third-order valence-corrected chi connectivity index (χ3v) is 5.52. The zero-order valence-corrected chi connectivity index (χ0v) is 18.1. The van der Waals surface area contributed by atoms with Crippen LogP contribution in [-0.2, 0) is 0 Å². The second kappa shape index (κ2) is 8.60. The number of aryl methyl sites for hydroxylation is 1. The van der Waals surface area contributed by atoms with Crippen LogP contribution in [0.2, 0.25) is 0 Å². The fourth-order valence-electron chi connectivity index (χ4n) is 2.66. The zero-order chi connectivity index (χ0) is 21.1. The van der Waals surface area contributed by atoms with Crippen LogP contribution in [0.1, 0.15) is 11.3 Å². The Morgan fingerprint density at radius 1 is 1.10 bits per heavy atom. The molecular weight excluding hydrogens is 468 g/mol. The maximum absolute atomic E-state index is 10.8. The van der Waals surface area contributed by atoms with Crippen LogP contribution in [0.3, 0.4) is 0 Å². The summed E-state index contributed by atoms with van der Waals surface area (Å²) in [6, 6.07) is 18.5. The first-order valence-electron chi connectivity index (χ1n) is 8.86. The molecule has 4 aromatic rings. The van der Waals surface area contributed by atoms with Gasteiger partial charge in [-0.1, -0.05) is 45.8 Å². The largest absolute Gasteiger partial charge is 0.433 e. The third kappa shape index (κ3) is 4.47.